The van der Waals surface area contributed by atoms with Gasteiger partial charge in [0.2, 0.25) is 0 Å². The van der Waals surface area contributed by atoms with Crippen LogP contribution in [0.4, 0.5) is 17.1 Å². The van der Waals surface area contributed by atoms with Crippen molar-refractivity contribution in [3.8, 4) is 22.3 Å². The van der Waals surface area contributed by atoms with Gasteiger partial charge in [-0.25, -0.2) is 0 Å². The highest BCUT2D eigenvalue weighted by molar-refractivity contribution is 7.26. The van der Waals surface area contributed by atoms with Crippen molar-refractivity contribution in [2.75, 3.05) is 4.90 Å². The van der Waals surface area contributed by atoms with Crippen LogP contribution in [0.2, 0.25) is 0 Å². The molecule has 0 fully saturated rings. The van der Waals surface area contributed by atoms with Gasteiger partial charge in [0.25, 0.3) is 0 Å². The number of rotatable bonds is 5. The first-order valence-corrected chi connectivity index (χ1v) is 17.0. The fourth-order valence-electron chi connectivity index (χ4n) is 7.08. The summed E-state index contributed by atoms with van der Waals surface area (Å²) in [4.78, 5) is 2.32. The van der Waals surface area contributed by atoms with E-state index in [-0.39, 0.29) is 29.7 Å². The van der Waals surface area contributed by atoms with Crippen molar-refractivity contribution in [2.24, 2.45) is 0 Å². The predicted octanol–water partition coefficient (Wildman–Crippen LogP) is 13.9. The topological polar surface area (TPSA) is 16.4 Å². The molecule has 0 amide bonds. The minimum Gasteiger partial charge on any atom is -0.455 e. The molecule has 0 spiro atoms. The molecule has 0 aliphatic rings. The molecular formula is C46H29NOS. The van der Waals surface area contributed by atoms with Crippen LogP contribution in [0.25, 0.3) is 75.1 Å². The molecule has 0 saturated carbocycles. The van der Waals surface area contributed by atoms with Gasteiger partial charge in [0, 0.05) is 43.0 Å². The maximum absolute atomic E-state index is 8.70. The van der Waals surface area contributed by atoms with E-state index in [1.807, 2.05) is 53.8 Å². The number of para-hydroxylation sites is 1. The fraction of sp³-hybridized carbons (Fsp3) is 0. The molecule has 0 aliphatic heterocycles. The van der Waals surface area contributed by atoms with Crippen LogP contribution in [0.1, 0.15) is 6.85 Å². The van der Waals surface area contributed by atoms with E-state index < -0.39 is 6.04 Å². The van der Waals surface area contributed by atoms with Crippen LogP contribution < -0.4 is 4.90 Å². The summed E-state index contributed by atoms with van der Waals surface area (Å²) in [6.07, 6.45) is 0. The van der Waals surface area contributed by atoms with Crippen molar-refractivity contribution in [1.29, 1.82) is 0 Å². The Morgan fingerprint density at radius 3 is 2.02 bits per heavy atom. The summed E-state index contributed by atoms with van der Waals surface area (Å²) in [5.74, 6) is 0. The van der Waals surface area contributed by atoms with Crippen LogP contribution in [0, 0.1) is 0 Å². The fourth-order valence-corrected chi connectivity index (χ4v) is 8.29. The average molecular weight is 649 g/mol. The van der Waals surface area contributed by atoms with Gasteiger partial charge in [-0.1, -0.05) is 121 Å². The highest BCUT2D eigenvalue weighted by atomic mass is 32.1. The van der Waals surface area contributed by atoms with Crippen LogP contribution in [0.5, 0.6) is 0 Å². The van der Waals surface area contributed by atoms with Gasteiger partial charge in [-0.05, 0) is 82.2 Å². The molecule has 2 aromatic heterocycles. The van der Waals surface area contributed by atoms with E-state index in [2.05, 4.69) is 108 Å². The highest BCUT2D eigenvalue weighted by Crippen LogP contribution is 2.45. The number of fused-ring (bicyclic) bond motifs is 8. The summed E-state index contributed by atoms with van der Waals surface area (Å²) in [6.45, 7) is 0. The molecular weight excluding hydrogens is 615 g/mol. The summed E-state index contributed by atoms with van der Waals surface area (Å²) in [6, 6.07) is 48.4. The number of anilines is 3. The Labute approximate surface area is 294 Å². The first-order valence-electron chi connectivity index (χ1n) is 18.7. The van der Waals surface area contributed by atoms with E-state index in [1.54, 1.807) is 0 Å². The lowest BCUT2D eigenvalue weighted by molar-refractivity contribution is 0.673. The first-order chi connectivity index (χ1) is 26.4. The Morgan fingerprint density at radius 1 is 0.490 bits per heavy atom. The lowest BCUT2D eigenvalue weighted by Gasteiger charge is -2.26. The normalized spacial score (nSPS) is 13.1. The van der Waals surface area contributed by atoms with Gasteiger partial charge in [-0.3, -0.25) is 0 Å². The Balaban J connectivity index is 1.09. The number of furan rings is 1. The minimum atomic E-state index is -0.408. The SMILES string of the molecule is [2H]c1c([2H])c([2H])c(-c2cc3c4ccc(-c5ccc(N(c6ccccc6)c6cccc7c6sc6ccccc67)cc5)cc4oc3c3ccccc23)c([2H])c1[2H]. The molecule has 2 heterocycles. The number of thiophene rings is 1. The third-order valence-electron chi connectivity index (χ3n) is 9.35. The molecule has 8 aromatic carbocycles. The van der Waals surface area contributed by atoms with Crippen LogP contribution >= 0.6 is 11.3 Å². The highest BCUT2D eigenvalue weighted by Gasteiger charge is 2.19. The molecule has 0 radical (unpaired) electrons. The Kier molecular flexibility index (Phi) is 5.32. The van der Waals surface area contributed by atoms with E-state index in [1.165, 1.54) is 20.2 Å². The second kappa shape index (κ2) is 11.2. The molecule has 0 aliphatic carbocycles. The molecule has 3 heteroatoms. The second-order valence-corrected chi connectivity index (χ2v) is 13.2. The zero-order chi connectivity index (χ0) is 36.7. The van der Waals surface area contributed by atoms with Crippen molar-refractivity contribution in [3.05, 3.63) is 176 Å². The standard InChI is InChI=1S/C46H29NOS/c1-3-12-31(13-4-1)40-29-41-36-27-24-32(28-43(36)48-45(41)38-18-8-7-16-35(38)40)30-22-25-34(26-23-30)47(33-14-5-2-6-15-33)42-20-11-19-39-37-17-9-10-21-44(37)49-46(39)42/h1-29H/i1D,3D,4D,12D,13D. The number of hydrogen-bond acceptors (Lipinski definition) is 3. The van der Waals surface area contributed by atoms with Gasteiger partial charge in [0.05, 0.1) is 17.2 Å². The monoisotopic (exact) mass is 648 g/mol. The maximum atomic E-state index is 8.70. The molecule has 230 valence electrons. The van der Waals surface area contributed by atoms with Crippen LogP contribution in [0.15, 0.2) is 180 Å². The third kappa shape index (κ3) is 4.55. The Hall–Kier alpha value is -6.16. The molecule has 0 unspecified atom stereocenters. The van der Waals surface area contributed by atoms with Crippen molar-refractivity contribution in [2.45, 2.75) is 0 Å². The quantitative estimate of drug-likeness (QED) is 0.185. The van der Waals surface area contributed by atoms with E-state index in [0.29, 0.717) is 16.7 Å². The van der Waals surface area contributed by atoms with Crippen molar-refractivity contribution < 1.29 is 11.3 Å². The van der Waals surface area contributed by atoms with Gasteiger partial charge in [0.15, 0.2) is 0 Å². The van der Waals surface area contributed by atoms with Crippen molar-refractivity contribution in [3.63, 3.8) is 0 Å². The van der Waals surface area contributed by atoms with E-state index >= 15 is 0 Å². The molecule has 0 atom stereocenters. The van der Waals surface area contributed by atoms with Crippen LogP contribution in [0.3, 0.4) is 0 Å². The van der Waals surface area contributed by atoms with E-state index in [0.717, 1.165) is 49.7 Å². The molecule has 10 aromatic rings. The molecule has 0 bridgehead atoms. The third-order valence-corrected chi connectivity index (χ3v) is 10.6. The summed E-state index contributed by atoms with van der Waals surface area (Å²) in [7, 11) is 0. The van der Waals surface area contributed by atoms with Gasteiger partial charge in [0.1, 0.15) is 11.2 Å². The summed E-state index contributed by atoms with van der Waals surface area (Å²) < 4.78 is 51.2. The summed E-state index contributed by atoms with van der Waals surface area (Å²) >= 11 is 1.82. The molecule has 0 saturated heterocycles. The summed E-state index contributed by atoms with van der Waals surface area (Å²) in [5, 5.41) is 5.79. The molecule has 10 rings (SSSR count). The lowest BCUT2D eigenvalue weighted by Crippen LogP contribution is -2.09. The predicted molar refractivity (Wildman–Crippen MR) is 210 cm³/mol. The van der Waals surface area contributed by atoms with Gasteiger partial charge < -0.3 is 9.32 Å². The first kappa shape index (κ1) is 23.2. The zero-order valence-electron chi connectivity index (χ0n) is 31.1. The van der Waals surface area contributed by atoms with E-state index in [9.17, 15) is 0 Å². The minimum absolute atomic E-state index is 0.179. The van der Waals surface area contributed by atoms with Gasteiger partial charge in [-0.15, -0.1) is 11.3 Å². The van der Waals surface area contributed by atoms with Crippen LogP contribution in [-0.2, 0) is 0 Å². The second-order valence-electron chi connectivity index (χ2n) is 12.1. The van der Waals surface area contributed by atoms with Gasteiger partial charge in [-0.2, -0.15) is 0 Å². The largest absolute Gasteiger partial charge is 0.455 e. The van der Waals surface area contributed by atoms with E-state index in [4.69, 9.17) is 11.3 Å². The summed E-state index contributed by atoms with van der Waals surface area (Å²) in [5.41, 5.74) is 7.45. The Bertz CT molecular complexity index is 3090. The Morgan fingerprint density at radius 2 is 1.18 bits per heavy atom. The number of benzene rings is 8. The van der Waals surface area contributed by atoms with Crippen LogP contribution in [-0.4, -0.2) is 0 Å². The average Bonchev–Trinajstić information content (AvgIpc) is 3.79. The van der Waals surface area contributed by atoms with Crippen molar-refractivity contribution >= 4 is 81.3 Å². The van der Waals surface area contributed by atoms with Gasteiger partial charge >= 0.3 is 0 Å². The smallest absolute Gasteiger partial charge is 0.143 e. The number of nitrogens with zero attached hydrogens (tertiary/aromatic N) is 1. The molecule has 49 heavy (non-hydrogen) atoms. The molecule has 0 N–H and O–H groups in total. The van der Waals surface area contributed by atoms with Crippen molar-refractivity contribution in [1.82, 2.24) is 0 Å². The maximum Gasteiger partial charge on any atom is 0.143 e. The lowest BCUT2D eigenvalue weighted by atomic mass is 9.95. The molecule has 2 nitrogen and oxygen atoms in total. The zero-order valence-corrected chi connectivity index (χ0v) is 26.9. The number of hydrogen-bond donors (Lipinski definition) is 0.